The molecule has 1 aromatic carbocycles. The van der Waals surface area contributed by atoms with Gasteiger partial charge >= 0.3 is 0 Å². The van der Waals surface area contributed by atoms with E-state index in [0.29, 0.717) is 16.5 Å². The summed E-state index contributed by atoms with van der Waals surface area (Å²) in [6.07, 6.45) is 5.20. The Morgan fingerprint density at radius 2 is 2.05 bits per heavy atom. The summed E-state index contributed by atoms with van der Waals surface area (Å²) in [6.45, 7) is 2.11. The molecule has 4 nitrogen and oxygen atoms in total. The summed E-state index contributed by atoms with van der Waals surface area (Å²) in [7, 11) is 0. The number of aromatic nitrogens is 2. The van der Waals surface area contributed by atoms with Crippen molar-refractivity contribution in [2.24, 2.45) is 0 Å². The Kier molecular flexibility index (Phi) is 4.52. The number of nitrogens with one attached hydrogen (secondary N) is 1. The highest BCUT2D eigenvalue weighted by molar-refractivity contribution is 7.98. The second-order valence-electron chi connectivity index (χ2n) is 3.95. The van der Waals surface area contributed by atoms with Crippen LogP contribution in [0.5, 0.6) is 0 Å². The average molecular weight is 273 g/mol. The summed E-state index contributed by atoms with van der Waals surface area (Å²) in [5.41, 5.74) is 2.64. The largest absolute Gasteiger partial charge is 0.340 e. The summed E-state index contributed by atoms with van der Waals surface area (Å²) in [5.74, 6) is 0.540. The van der Waals surface area contributed by atoms with Crippen molar-refractivity contribution in [2.75, 3.05) is 11.6 Å². The molecule has 0 aliphatic heterocycles. The normalized spacial score (nSPS) is 10.2. The van der Waals surface area contributed by atoms with Gasteiger partial charge in [-0.1, -0.05) is 30.8 Å². The minimum Gasteiger partial charge on any atom is -0.340 e. The fourth-order valence-corrected chi connectivity index (χ4v) is 1.96. The second-order valence-corrected chi connectivity index (χ2v) is 4.73. The van der Waals surface area contributed by atoms with Crippen LogP contribution in [0.25, 0.3) is 0 Å². The Hall–Kier alpha value is -1.88. The molecule has 1 N–H and O–H groups in total. The van der Waals surface area contributed by atoms with E-state index in [4.69, 9.17) is 0 Å². The van der Waals surface area contributed by atoms with E-state index in [1.807, 2.05) is 18.4 Å². The summed E-state index contributed by atoms with van der Waals surface area (Å²) in [6, 6.07) is 8.07. The topological polar surface area (TPSA) is 54.9 Å². The maximum absolute atomic E-state index is 11.0. The lowest BCUT2D eigenvalue weighted by Gasteiger charge is -2.09. The summed E-state index contributed by atoms with van der Waals surface area (Å²) >= 11 is 1.44. The summed E-state index contributed by atoms with van der Waals surface area (Å²) in [4.78, 5) is 19.4. The van der Waals surface area contributed by atoms with Crippen LogP contribution in [-0.4, -0.2) is 22.5 Å². The van der Waals surface area contributed by atoms with Crippen LogP contribution in [0.15, 0.2) is 35.6 Å². The lowest BCUT2D eigenvalue weighted by atomic mass is 10.1. The van der Waals surface area contributed by atoms with E-state index in [9.17, 15) is 4.79 Å². The van der Waals surface area contributed by atoms with Gasteiger partial charge in [0.15, 0.2) is 11.4 Å². The number of rotatable bonds is 5. The van der Waals surface area contributed by atoms with E-state index >= 15 is 0 Å². The molecule has 0 unspecified atom stereocenters. The van der Waals surface area contributed by atoms with E-state index in [-0.39, 0.29) is 0 Å². The minimum atomic E-state index is 0.456. The zero-order chi connectivity index (χ0) is 13.7. The van der Waals surface area contributed by atoms with Gasteiger partial charge in [0, 0.05) is 11.9 Å². The molecule has 0 saturated heterocycles. The predicted octanol–water partition coefficient (Wildman–Crippen LogP) is 3.32. The number of nitrogens with zero attached hydrogens (tertiary/aromatic N) is 2. The van der Waals surface area contributed by atoms with Crippen molar-refractivity contribution < 1.29 is 4.79 Å². The summed E-state index contributed by atoms with van der Waals surface area (Å²) in [5, 5.41) is 3.79. The van der Waals surface area contributed by atoms with Crippen LogP contribution in [0.2, 0.25) is 0 Å². The number of carbonyl (C=O) groups excluding carboxylic acids is 1. The third kappa shape index (κ3) is 3.32. The molecule has 1 heterocycles. The lowest BCUT2D eigenvalue weighted by molar-refractivity contribution is 0.112. The van der Waals surface area contributed by atoms with Gasteiger partial charge in [-0.15, -0.1) is 0 Å². The minimum absolute atomic E-state index is 0.456. The van der Waals surface area contributed by atoms with Gasteiger partial charge in [-0.25, -0.2) is 9.97 Å². The molecule has 2 aromatic rings. The van der Waals surface area contributed by atoms with Gasteiger partial charge in [-0.2, -0.15) is 0 Å². The van der Waals surface area contributed by atoms with Gasteiger partial charge in [0.25, 0.3) is 0 Å². The van der Waals surface area contributed by atoms with Crippen molar-refractivity contribution in [3.8, 4) is 0 Å². The number of hydrogen-bond donors (Lipinski definition) is 1. The molecule has 98 valence electrons. The highest BCUT2D eigenvalue weighted by Gasteiger charge is 2.06. The van der Waals surface area contributed by atoms with E-state index in [0.717, 1.165) is 18.4 Å². The van der Waals surface area contributed by atoms with Crippen molar-refractivity contribution in [1.82, 2.24) is 9.97 Å². The molecular weight excluding hydrogens is 258 g/mol. The van der Waals surface area contributed by atoms with Crippen LogP contribution in [0.4, 0.5) is 11.5 Å². The van der Waals surface area contributed by atoms with Gasteiger partial charge in [0.1, 0.15) is 5.82 Å². The molecule has 0 bridgehead atoms. The predicted molar refractivity (Wildman–Crippen MR) is 78.3 cm³/mol. The number of hydrogen-bond acceptors (Lipinski definition) is 5. The first kappa shape index (κ1) is 13.5. The third-order valence-electron chi connectivity index (χ3n) is 2.73. The Morgan fingerprint density at radius 3 is 2.63 bits per heavy atom. The average Bonchev–Trinajstić information content (AvgIpc) is 2.48. The quantitative estimate of drug-likeness (QED) is 0.514. The van der Waals surface area contributed by atoms with E-state index < -0.39 is 0 Å². The summed E-state index contributed by atoms with van der Waals surface area (Å²) < 4.78 is 0. The number of aryl methyl sites for hydroxylation is 1. The van der Waals surface area contributed by atoms with Crippen LogP contribution in [0.1, 0.15) is 22.8 Å². The molecule has 5 heteroatoms. The fourth-order valence-electron chi connectivity index (χ4n) is 1.62. The van der Waals surface area contributed by atoms with E-state index in [1.165, 1.54) is 23.5 Å². The van der Waals surface area contributed by atoms with Crippen LogP contribution in [-0.2, 0) is 6.42 Å². The molecule has 0 fully saturated rings. The lowest BCUT2D eigenvalue weighted by Crippen LogP contribution is -2.01. The number of anilines is 2. The maximum Gasteiger partial charge on any atom is 0.189 e. The van der Waals surface area contributed by atoms with Crippen LogP contribution >= 0.6 is 11.8 Å². The van der Waals surface area contributed by atoms with Crippen molar-refractivity contribution in [2.45, 2.75) is 18.5 Å². The second kappa shape index (κ2) is 6.33. The molecule has 1 aromatic heterocycles. The van der Waals surface area contributed by atoms with Crippen LogP contribution in [0.3, 0.4) is 0 Å². The maximum atomic E-state index is 11.0. The molecule has 0 radical (unpaired) electrons. The number of aldehydes is 1. The Morgan fingerprint density at radius 1 is 1.32 bits per heavy atom. The fraction of sp³-hybridized carbons (Fsp3) is 0.214. The van der Waals surface area contributed by atoms with Gasteiger partial charge in [0.2, 0.25) is 0 Å². The van der Waals surface area contributed by atoms with Crippen molar-refractivity contribution in [1.29, 1.82) is 0 Å². The van der Waals surface area contributed by atoms with Gasteiger partial charge in [0.05, 0.1) is 5.56 Å². The van der Waals surface area contributed by atoms with Crippen LogP contribution < -0.4 is 5.32 Å². The molecule has 2 rings (SSSR count). The molecule has 0 atom stereocenters. The molecule has 19 heavy (non-hydrogen) atoms. The van der Waals surface area contributed by atoms with E-state index in [2.05, 4.69) is 34.3 Å². The van der Waals surface area contributed by atoms with Crippen molar-refractivity contribution in [3.05, 3.63) is 41.6 Å². The first-order valence-corrected chi connectivity index (χ1v) is 7.21. The first-order valence-electron chi connectivity index (χ1n) is 5.99. The van der Waals surface area contributed by atoms with Crippen molar-refractivity contribution >= 4 is 29.6 Å². The Bertz CT molecular complexity index is 569. The zero-order valence-corrected chi connectivity index (χ0v) is 11.7. The van der Waals surface area contributed by atoms with Crippen LogP contribution in [0, 0.1) is 0 Å². The van der Waals surface area contributed by atoms with E-state index in [1.54, 1.807) is 0 Å². The standard InChI is InChI=1S/C14H15N3OS/c1-3-10-4-6-12(7-5-10)16-13-11(9-18)8-15-14(17-13)19-2/h4-9H,3H2,1-2H3,(H,15,16,17). The molecular formula is C14H15N3OS. The number of carbonyl (C=O) groups is 1. The number of benzene rings is 1. The Labute approximate surface area is 116 Å². The van der Waals surface area contributed by atoms with Gasteiger partial charge in [-0.3, -0.25) is 4.79 Å². The smallest absolute Gasteiger partial charge is 0.189 e. The third-order valence-corrected chi connectivity index (χ3v) is 3.29. The Balaban J connectivity index is 2.27. The van der Waals surface area contributed by atoms with Gasteiger partial charge < -0.3 is 5.32 Å². The zero-order valence-electron chi connectivity index (χ0n) is 10.9. The monoisotopic (exact) mass is 273 g/mol. The highest BCUT2D eigenvalue weighted by atomic mass is 32.2. The van der Waals surface area contributed by atoms with Gasteiger partial charge in [-0.05, 0) is 30.4 Å². The molecule has 0 amide bonds. The molecule has 0 aliphatic carbocycles. The molecule has 0 spiro atoms. The SMILES string of the molecule is CCc1ccc(Nc2nc(SC)ncc2C=O)cc1. The molecule has 0 saturated carbocycles. The van der Waals surface area contributed by atoms with Crippen molar-refractivity contribution in [3.63, 3.8) is 0 Å². The highest BCUT2D eigenvalue weighted by Crippen LogP contribution is 2.20. The first-order chi connectivity index (χ1) is 9.26. The number of thioether (sulfide) groups is 1. The molecule has 0 aliphatic rings.